The molecule has 2 N–H and O–H groups in total. The van der Waals surface area contributed by atoms with Crippen molar-refractivity contribution in [1.29, 1.82) is 0 Å². The Labute approximate surface area is 121 Å². The van der Waals surface area contributed by atoms with Crippen molar-refractivity contribution in [2.75, 3.05) is 5.33 Å². The molecule has 0 saturated heterocycles. The molecular weight excluding hydrogens is 318 g/mol. The lowest BCUT2D eigenvalue weighted by Gasteiger charge is -2.18. The normalized spacial score (nSPS) is 12.5. The first-order valence-electron chi connectivity index (χ1n) is 5.79. The molecule has 1 aromatic rings. The van der Waals surface area contributed by atoms with Crippen LogP contribution in [0.15, 0.2) is 18.2 Å². The van der Waals surface area contributed by atoms with E-state index in [1.165, 1.54) is 18.2 Å². The average Bonchev–Trinajstić information content (AvgIpc) is 2.30. The van der Waals surface area contributed by atoms with Gasteiger partial charge in [-0.15, -0.1) is 0 Å². The number of phenols is 1. The zero-order valence-electron chi connectivity index (χ0n) is 10.4. The second-order valence-corrected chi connectivity index (χ2v) is 5.67. The molecule has 18 heavy (non-hydrogen) atoms. The average molecular weight is 335 g/mol. The predicted octanol–water partition coefficient (Wildman–Crippen LogP) is 3.59. The zero-order chi connectivity index (χ0) is 13.7. The molecule has 0 aromatic heterocycles. The van der Waals surface area contributed by atoms with Crippen LogP contribution in [0.3, 0.4) is 0 Å². The number of amides is 1. The fourth-order valence-corrected chi connectivity index (χ4v) is 2.31. The van der Waals surface area contributed by atoms with Crippen molar-refractivity contribution < 1.29 is 9.90 Å². The number of hydrogen-bond donors (Lipinski definition) is 2. The van der Waals surface area contributed by atoms with E-state index in [-0.39, 0.29) is 17.7 Å². The molecule has 0 aliphatic rings. The highest BCUT2D eigenvalue weighted by molar-refractivity contribution is 9.09. The topological polar surface area (TPSA) is 49.3 Å². The van der Waals surface area contributed by atoms with Crippen LogP contribution in [0.4, 0.5) is 0 Å². The van der Waals surface area contributed by atoms with E-state index in [1.54, 1.807) is 0 Å². The van der Waals surface area contributed by atoms with Crippen LogP contribution >= 0.6 is 27.5 Å². The Bertz CT molecular complexity index is 423. The Kier molecular flexibility index (Phi) is 5.96. The van der Waals surface area contributed by atoms with Gasteiger partial charge in [-0.2, -0.15) is 0 Å². The minimum Gasteiger partial charge on any atom is -0.508 e. The van der Waals surface area contributed by atoms with Gasteiger partial charge in [-0.3, -0.25) is 4.79 Å². The van der Waals surface area contributed by atoms with Crippen molar-refractivity contribution in [2.24, 2.45) is 5.92 Å². The Morgan fingerprint density at radius 2 is 2.17 bits per heavy atom. The van der Waals surface area contributed by atoms with E-state index >= 15 is 0 Å². The van der Waals surface area contributed by atoms with Crippen LogP contribution in [-0.2, 0) is 0 Å². The number of carbonyl (C=O) groups excluding carboxylic acids is 1. The van der Waals surface area contributed by atoms with E-state index in [9.17, 15) is 9.90 Å². The van der Waals surface area contributed by atoms with Crippen molar-refractivity contribution in [2.45, 2.75) is 26.3 Å². The number of rotatable bonds is 5. The summed E-state index contributed by atoms with van der Waals surface area (Å²) < 4.78 is 0. The fourth-order valence-electron chi connectivity index (χ4n) is 1.68. The van der Waals surface area contributed by atoms with Gasteiger partial charge in [0.2, 0.25) is 0 Å². The van der Waals surface area contributed by atoms with E-state index in [4.69, 9.17) is 11.6 Å². The number of phenolic OH excluding ortho intramolecular Hbond substituents is 1. The largest absolute Gasteiger partial charge is 0.508 e. The number of carbonyl (C=O) groups is 1. The predicted molar refractivity (Wildman–Crippen MR) is 77.6 cm³/mol. The third-order valence-electron chi connectivity index (χ3n) is 2.47. The van der Waals surface area contributed by atoms with E-state index < -0.39 is 0 Å². The Morgan fingerprint density at radius 1 is 1.50 bits per heavy atom. The molecule has 3 nitrogen and oxygen atoms in total. The fraction of sp³-hybridized carbons (Fsp3) is 0.462. The van der Waals surface area contributed by atoms with E-state index in [2.05, 4.69) is 35.1 Å². The summed E-state index contributed by atoms with van der Waals surface area (Å²) in [4.78, 5) is 12.0. The maximum absolute atomic E-state index is 12.0. The Balaban J connectivity index is 2.77. The van der Waals surface area contributed by atoms with Crippen LogP contribution < -0.4 is 5.32 Å². The molecule has 1 amide bonds. The molecule has 0 saturated carbocycles. The van der Waals surface area contributed by atoms with Crippen LogP contribution in [0.5, 0.6) is 5.75 Å². The van der Waals surface area contributed by atoms with E-state index in [0.717, 1.165) is 6.42 Å². The second kappa shape index (κ2) is 7.00. The summed E-state index contributed by atoms with van der Waals surface area (Å²) in [5, 5.41) is 13.3. The third kappa shape index (κ3) is 4.50. The molecule has 0 fully saturated rings. The van der Waals surface area contributed by atoms with Crippen LogP contribution in [0.2, 0.25) is 5.02 Å². The maximum Gasteiger partial charge on any atom is 0.253 e. The second-order valence-electron chi connectivity index (χ2n) is 4.62. The summed E-state index contributed by atoms with van der Waals surface area (Å²) in [6, 6.07) is 4.39. The molecule has 0 aliphatic carbocycles. The van der Waals surface area contributed by atoms with Crippen LogP contribution in [0, 0.1) is 5.92 Å². The summed E-state index contributed by atoms with van der Waals surface area (Å²) in [6.45, 7) is 4.20. The summed E-state index contributed by atoms with van der Waals surface area (Å²) in [5.41, 5.74) is 0.298. The van der Waals surface area contributed by atoms with Gasteiger partial charge in [-0.1, -0.05) is 41.4 Å². The summed E-state index contributed by atoms with van der Waals surface area (Å²) in [5.74, 6) is 0.261. The van der Waals surface area contributed by atoms with Gasteiger partial charge in [-0.25, -0.2) is 0 Å². The standard InChI is InChI=1S/C13H17BrClNO2/c1-8(2)5-9(7-14)16-13(18)11-6-10(17)3-4-12(11)15/h3-4,6,8-9,17H,5,7H2,1-2H3,(H,16,18). The number of alkyl halides is 1. The highest BCUT2D eigenvalue weighted by Crippen LogP contribution is 2.21. The third-order valence-corrected chi connectivity index (χ3v) is 3.58. The van der Waals surface area contributed by atoms with Crippen molar-refractivity contribution >= 4 is 33.4 Å². The lowest BCUT2D eigenvalue weighted by Crippen LogP contribution is -2.37. The van der Waals surface area contributed by atoms with E-state index in [0.29, 0.717) is 21.8 Å². The number of halogens is 2. The SMILES string of the molecule is CC(C)CC(CBr)NC(=O)c1cc(O)ccc1Cl. The van der Waals surface area contributed by atoms with Gasteiger partial charge in [-0.05, 0) is 30.5 Å². The van der Waals surface area contributed by atoms with Crippen molar-refractivity contribution in [3.05, 3.63) is 28.8 Å². The molecule has 1 rings (SSSR count). The molecule has 1 aromatic carbocycles. The zero-order valence-corrected chi connectivity index (χ0v) is 12.8. The van der Waals surface area contributed by atoms with Crippen LogP contribution in [-0.4, -0.2) is 22.4 Å². The minimum atomic E-state index is -0.263. The van der Waals surface area contributed by atoms with Crippen LogP contribution in [0.25, 0.3) is 0 Å². The molecule has 0 aliphatic heterocycles. The van der Waals surface area contributed by atoms with Gasteiger partial charge in [0.1, 0.15) is 5.75 Å². The first kappa shape index (κ1) is 15.3. The molecule has 0 heterocycles. The molecule has 0 radical (unpaired) electrons. The maximum atomic E-state index is 12.0. The Hall–Kier alpha value is -0.740. The molecule has 100 valence electrons. The number of nitrogens with one attached hydrogen (secondary N) is 1. The lowest BCUT2D eigenvalue weighted by molar-refractivity contribution is 0.0937. The van der Waals surface area contributed by atoms with Gasteiger partial charge < -0.3 is 10.4 Å². The van der Waals surface area contributed by atoms with Gasteiger partial charge in [0.05, 0.1) is 10.6 Å². The summed E-state index contributed by atoms with van der Waals surface area (Å²) in [7, 11) is 0. The van der Waals surface area contributed by atoms with Crippen molar-refractivity contribution in [3.8, 4) is 5.75 Å². The highest BCUT2D eigenvalue weighted by Gasteiger charge is 2.16. The summed E-state index contributed by atoms with van der Waals surface area (Å²) in [6.07, 6.45) is 0.882. The number of hydrogen-bond acceptors (Lipinski definition) is 2. The molecule has 0 spiro atoms. The first-order chi connectivity index (χ1) is 8.43. The quantitative estimate of drug-likeness (QED) is 0.809. The number of benzene rings is 1. The summed E-state index contributed by atoms with van der Waals surface area (Å²) >= 11 is 9.32. The molecule has 1 unspecified atom stereocenters. The van der Waals surface area contributed by atoms with Crippen molar-refractivity contribution in [3.63, 3.8) is 0 Å². The molecule has 5 heteroatoms. The molecule has 1 atom stereocenters. The smallest absolute Gasteiger partial charge is 0.253 e. The van der Waals surface area contributed by atoms with E-state index in [1.807, 2.05) is 0 Å². The number of aromatic hydroxyl groups is 1. The van der Waals surface area contributed by atoms with Crippen molar-refractivity contribution in [1.82, 2.24) is 5.32 Å². The van der Waals surface area contributed by atoms with Gasteiger partial charge in [0.15, 0.2) is 0 Å². The van der Waals surface area contributed by atoms with Gasteiger partial charge in [0, 0.05) is 11.4 Å². The Morgan fingerprint density at radius 3 is 2.72 bits per heavy atom. The van der Waals surface area contributed by atoms with Crippen LogP contribution in [0.1, 0.15) is 30.6 Å². The lowest BCUT2D eigenvalue weighted by atomic mass is 10.0. The monoisotopic (exact) mass is 333 g/mol. The minimum absolute atomic E-state index is 0.0313. The van der Waals surface area contributed by atoms with Gasteiger partial charge in [0.25, 0.3) is 5.91 Å². The van der Waals surface area contributed by atoms with Gasteiger partial charge >= 0.3 is 0 Å². The molecular formula is C13H17BrClNO2. The first-order valence-corrected chi connectivity index (χ1v) is 7.29. The highest BCUT2D eigenvalue weighted by atomic mass is 79.9. The molecule has 0 bridgehead atoms.